The lowest BCUT2D eigenvalue weighted by atomic mass is 10.2. The number of aromatic nitrogens is 2. The molecule has 1 aliphatic heterocycles. The number of hydrogen-bond donors (Lipinski definition) is 1. The average molecular weight is 450 g/mol. The monoisotopic (exact) mass is 449 g/mol. The summed E-state index contributed by atoms with van der Waals surface area (Å²) >= 11 is 0. The van der Waals surface area contributed by atoms with E-state index in [2.05, 4.69) is 10.4 Å². The molecule has 31 heavy (non-hydrogen) atoms. The lowest BCUT2D eigenvalue weighted by Crippen LogP contribution is -2.41. The number of carbonyl (C=O) groups excluding carboxylic acids is 1. The molecular weight excluding hydrogens is 418 g/mol. The second-order valence-corrected chi connectivity index (χ2v) is 9.70. The predicted molar refractivity (Wildman–Crippen MR) is 119 cm³/mol. The standard InChI is InChI=1S/C21H31N5O4S/c1-16-21(31(28,29)25-11-13-30-14-12-25)17(2)26(23-16)10-9-20(27)22-15-18-5-7-19(8-6-18)24(3)4/h5-8H,9-15H2,1-4H3,(H,22,27). The lowest BCUT2D eigenvalue weighted by Gasteiger charge is -2.26. The van der Waals surface area contributed by atoms with Crippen LogP contribution in [0.5, 0.6) is 0 Å². The first-order valence-corrected chi connectivity index (χ1v) is 11.8. The van der Waals surface area contributed by atoms with Gasteiger partial charge in [-0.1, -0.05) is 12.1 Å². The van der Waals surface area contributed by atoms with Crippen molar-refractivity contribution >= 4 is 21.6 Å². The Morgan fingerprint density at radius 3 is 2.42 bits per heavy atom. The fourth-order valence-electron chi connectivity index (χ4n) is 3.60. The summed E-state index contributed by atoms with van der Waals surface area (Å²) in [6.07, 6.45) is 0.217. The van der Waals surface area contributed by atoms with Crippen molar-refractivity contribution in [1.29, 1.82) is 0 Å². The Balaban J connectivity index is 1.59. The number of aryl methyl sites for hydroxylation is 2. The fraction of sp³-hybridized carbons (Fsp3) is 0.524. The molecule has 2 heterocycles. The molecule has 0 aliphatic carbocycles. The molecule has 1 aromatic heterocycles. The van der Waals surface area contributed by atoms with Gasteiger partial charge in [-0.05, 0) is 31.5 Å². The number of morpholine rings is 1. The van der Waals surface area contributed by atoms with Gasteiger partial charge in [-0.15, -0.1) is 0 Å². The van der Waals surface area contributed by atoms with Gasteiger partial charge in [0.1, 0.15) is 4.90 Å². The highest BCUT2D eigenvalue weighted by molar-refractivity contribution is 7.89. The normalized spacial score (nSPS) is 15.1. The third kappa shape index (κ3) is 5.44. The van der Waals surface area contributed by atoms with Gasteiger partial charge in [-0.2, -0.15) is 9.40 Å². The summed E-state index contributed by atoms with van der Waals surface area (Å²) in [7, 11) is 0.328. The van der Waals surface area contributed by atoms with Crippen LogP contribution in [0.25, 0.3) is 0 Å². The molecular formula is C21H31N5O4S. The van der Waals surface area contributed by atoms with Crippen LogP contribution in [0.2, 0.25) is 0 Å². The minimum Gasteiger partial charge on any atom is -0.379 e. The van der Waals surface area contributed by atoms with Gasteiger partial charge in [0, 0.05) is 45.8 Å². The van der Waals surface area contributed by atoms with Crippen LogP contribution < -0.4 is 10.2 Å². The number of hydrogen-bond acceptors (Lipinski definition) is 6. The molecule has 10 heteroatoms. The van der Waals surface area contributed by atoms with Crippen LogP contribution in [0.3, 0.4) is 0 Å². The van der Waals surface area contributed by atoms with Gasteiger partial charge in [-0.3, -0.25) is 9.48 Å². The molecule has 1 aliphatic rings. The molecule has 0 radical (unpaired) electrons. The number of nitrogens with zero attached hydrogens (tertiary/aromatic N) is 4. The molecule has 1 amide bonds. The SMILES string of the molecule is Cc1nn(CCC(=O)NCc2ccc(N(C)C)cc2)c(C)c1S(=O)(=O)N1CCOCC1. The largest absolute Gasteiger partial charge is 0.379 e. The molecule has 0 spiro atoms. The fourth-order valence-corrected chi connectivity index (χ4v) is 5.38. The minimum atomic E-state index is -3.63. The van der Waals surface area contributed by atoms with E-state index in [0.717, 1.165) is 11.3 Å². The molecule has 1 aromatic carbocycles. The van der Waals surface area contributed by atoms with E-state index < -0.39 is 10.0 Å². The third-order valence-electron chi connectivity index (χ3n) is 5.38. The highest BCUT2D eigenvalue weighted by Gasteiger charge is 2.32. The second-order valence-electron chi connectivity index (χ2n) is 7.83. The van der Waals surface area contributed by atoms with Crippen LogP contribution in [0.1, 0.15) is 23.4 Å². The highest BCUT2D eigenvalue weighted by atomic mass is 32.2. The minimum absolute atomic E-state index is 0.109. The molecule has 0 bridgehead atoms. The van der Waals surface area contributed by atoms with Crippen LogP contribution in [0.4, 0.5) is 5.69 Å². The van der Waals surface area contributed by atoms with Crippen molar-refractivity contribution in [1.82, 2.24) is 19.4 Å². The number of nitrogens with one attached hydrogen (secondary N) is 1. The van der Waals surface area contributed by atoms with Gasteiger partial charge in [0.15, 0.2) is 0 Å². The summed E-state index contributed by atoms with van der Waals surface area (Å²) in [6.45, 7) is 5.64. The molecule has 2 aromatic rings. The van der Waals surface area contributed by atoms with Crippen LogP contribution in [-0.2, 0) is 32.6 Å². The van der Waals surface area contributed by atoms with Crippen molar-refractivity contribution in [3.8, 4) is 0 Å². The zero-order chi connectivity index (χ0) is 22.6. The van der Waals surface area contributed by atoms with Gasteiger partial charge in [0.25, 0.3) is 0 Å². The van der Waals surface area contributed by atoms with E-state index in [4.69, 9.17) is 4.74 Å². The Morgan fingerprint density at radius 1 is 1.16 bits per heavy atom. The number of sulfonamides is 1. The van der Waals surface area contributed by atoms with Crippen molar-refractivity contribution in [3.05, 3.63) is 41.2 Å². The first kappa shape index (κ1) is 23.2. The summed E-state index contributed by atoms with van der Waals surface area (Å²) < 4.78 is 34.4. The number of anilines is 1. The number of benzene rings is 1. The number of carbonyl (C=O) groups is 1. The van der Waals surface area contributed by atoms with E-state index in [1.807, 2.05) is 43.3 Å². The highest BCUT2D eigenvalue weighted by Crippen LogP contribution is 2.24. The molecule has 0 atom stereocenters. The van der Waals surface area contributed by atoms with Crippen molar-refractivity contribution in [2.24, 2.45) is 0 Å². The van der Waals surface area contributed by atoms with Gasteiger partial charge >= 0.3 is 0 Å². The summed E-state index contributed by atoms with van der Waals surface area (Å²) in [4.78, 5) is 14.6. The van der Waals surface area contributed by atoms with Gasteiger partial charge in [0.2, 0.25) is 15.9 Å². The summed E-state index contributed by atoms with van der Waals surface area (Å²) in [5, 5.41) is 7.29. The Hall–Kier alpha value is -2.43. The number of amides is 1. The van der Waals surface area contributed by atoms with Gasteiger partial charge < -0.3 is 15.0 Å². The second kappa shape index (κ2) is 9.80. The maximum Gasteiger partial charge on any atom is 0.246 e. The quantitative estimate of drug-likeness (QED) is 0.652. The Labute approximate surface area is 184 Å². The molecule has 3 rings (SSSR count). The first-order chi connectivity index (χ1) is 14.7. The van der Waals surface area contributed by atoms with E-state index in [0.29, 0.717) is 50.8 Å². The van der Waals surface area contributed by atoms with E-state index >= 15 is 0 Å². The Bertz CT molecular complexity index is 1010. The van der Waals surface area contributed by atoms with Crippen molar-refractivity contribution in [2.75, 3.05) is 45.3 Å². The lowest BCUT2D eigenvalue weighted by molar-refractivity contribution is -0.121. The van der Waals surface area contributed by atoms with Crippen molar-refractivity contribution < 1.29 is 17.9 Å². The molecule has 9 nitrogen and oxygen atoms in total. The average Bonchev–Trinajstić information content (AvgIpc) is 3.05. The summed E-state index contributed by atoms with van der Waals surface area (Å²) in [5.41, 5.74) is 3.12. The molecule has 1 fully saturated rings. The number of ether oxygens (including phenoxy) is 1. The van der Waals surface area contributed by atoms with Crippen molar-refractivity contribution in [3.63, 3.8) is 0 Å². The third-order valence-corrected chi connectivity index (χ3v) is 7.53. The van der Waals surface area contributed by atoms with Crippen LogP contribution in [0, 0.1) is 13.8 Å². The van der Waals surface area contributed by atoms with E-state index in [9.17, 15) is 13.2 Å². The predicted octanol–water partition coefficient (Wildman–Crippen LogP) is 1.29. The zero-order valence-corrected chi connectivity index (χ0v) is 19.4. The molecule has 170 valence electrons. The Kier molecular flexibility index (Phi) is 7.34. The van der Waals surface area contributed by atoms with Gasteiger partial charge in [-0.25, -0.2) is 8.42 Å². The summed E-state index contributed by atoms with van der Waals surface area (Å²) in [6, 6.07) is 7.99. The maximum absolute atomic E-state index is 13.0. The van der Waals surface area contributed by atoms with Gasteiger partial charge in [0.05, 0.1) is 31.1 Å². The summed E-state index contributed by atoms with van der Waals surface area (Å²) in [5.74, 6) is -0.109. The van der Waals surface area contributed by atoms with E-state index in [1.54, 1.807) is 18.5 Å². The Morgan fingerprint density at radius 2 is 1.81 bits per heavy atom. The van der Waals surface area contributed by atoms with E-state index in [-0.39, 0.29) is 17.2 Å². The molecule has 0 unspecified atom stereocenters. The zero-order valence-electron chi connectivity index (χ0n) is 18.6. The smallest absolute Gasteiger partial charge is 0.246 e. The molecule has 0 saturated carbocycles. The van der Waals surface area contributed by atoms with E-state index in [1.165, 1.54) is 4.31 Å². The molecule has 1 N–H and O–H groups in total. The van der Waals surface area contributed by atoms with Crippen LogP contribution in [0.15, 0.2) is 29.2 Å². The first-order valence-electron chi connectivity index (χ1n) is 10.3. The van der Waals surface area contributed by atoms with Crippen LogP contribution in [-0.4, -0.2) is 68.8 Å². The molecule has 1 saturated heterocycles. The van der Waals surface area contributed by atoms with Crippen molar-refractivity contribution in [2.45, 2.75) is 38.3 Å². The number of rotatable bonds is 8. The topological polar surface area (TPSA) is 96.8 Å². The van der Waals surface area contributed by atoms with Crippen LogP contribution >= 0.6 is 0 Å². The maximum atomic E-state index is 13.0.